The van der Waals surface area contributed by atoms with Crippen molar-refractivity contribution in [3.8, 4) is 0 Å². The van der Waals surface area contributed by atoms with E-state index < -0.39 is 6.10 Å². The smallest absolute Gasteiger partial charge is 0.116 e. The van der Waals surface area contributed by atoms with Gasteiger partial charge >= 0.3 is 0 Å². The van der Waals surface area contributed by atoms with Crippen LogP contribution in [0, 0.1) is 0 Å². The predicted molar refractivity (Wildman–Crippen MR) is 52.7 cm³/mol. The molecule has 0 spiro atoms. The van der Waals surface area contributed by atoms with Gasteiger partial charge in [0.1, 0.15) is 12.6 Å². The van der Waals surface area contributed by atoms with Gasteiger partial charge in [-0.2, -0.15) is 0 Å². The monoisotopic (exact) mass is 190 g/mol. The Hall–Kier alpha value is -0.310. The van der Waals surface area contributed by atoms with E-state index in [9.17, 15) is 5.11 Å². The highest BCUT2D eigenvalue weighted by Crippen LogP contribution is 1.81. The first-order chi connectivity index (χ1) is 5.74. The van der Waals surface area contributed by atoms with Gasteiger partial charge in [0.05, 0.1) is 19.0 Å². The van der Waals surface area contributed by atoms with E-state index in [1.807, 2.05) is 12.2 Å². The molecule has 0 aromatic heterocycles. The quantitative estimate of drug-likeness (QED) is 0.424. The fourth-order valence-electron chi connectivity index (χ4n) is 1.05. The lowest BCUT2D eigenvalue weighted by molar-refractivity contribution is -0.891. The van der Waals surface area contributed by atoms with E-state index in [1.165, 1.54) is 4.90 Å². The molecule has 2 N–H and O–H groups in total. The number of aliphatic hydroxyl groups excluding tert-OH is 1. The normalized spacial score (nSPS) is 12.9. The Labute approximate surface area is 79.1 Å². The third-order valence-corrected chi connectivity index (χ3v) is 1.92. The van der Waals surface area contributed by atoms with Crippen molar-refractivity contribution in [1.29, 1.82) is 0 Å². The average Bonchev–Trinajstić information content (AvgIpc) is 2.05. The van der Waals surface area contributed by atoms with Gasteiger partial charge in [-0.15, -0.1) is 11.6 Å². The minimum absolute atomic E-state index is 0.289. The van der Waals surface area contributed by atoms with Gasteiger partial charge in [-0.25, -0.2) is 0 Å². The maximum absolute atomic E-state index is 9.26. The molecular formula is C9H17ClNO+. The van der Waals surface area contributed by atoms with Gasteiger partial charge in [-0.05, 0) is 12.2 Å². The van der Waals surface area contributed by atoms with Crippen LogP contribution in [0.4, 0.5) is 0 Å². The van der Waals surface area contributed by atoms with Crippen LogP contribution < -0.4 is 4.90 Å². The first-order valence-electron chi connectivity index (χ1n) is 4.04. The molecule has 0 aromatic rings. The molecule has 0 bridgehead atoms. The van der Waals surface area contributed by atoms with Crippen molar-refractivity contribution in [3.05, 3.63) is 25.3 Å². The molecule has 0 aromatic carbocycles. The first kappa shape index (κ1) is 11.7. The molecule has 3 heteroatoms. The third-order valence-electron chi connectivity index (χ3n) is 1.57. The molecule has 2 nitrogen and oxygen atoms in total. The van der Waals surface area contributed by atoms with Crippen molar-refractivity contribution < 1.29 is 10.0 Å². The summed E-state index contributed by atoms with van der Waals surface area (Å²) >= 11 is 5.48. The molecule has 1 atom stereocenters. The summed E-state index contributed by atoms with van der Waals surface area (Å²) in [7, 11) is 0. The number of nitrogens with one attached hydrogen (secondary N) is 1. The Morgan fingerprint density at radius 3 is 2.17 bits per heavy atom. The fourth-order valence-corrected chi connectivity index (χ4v) is 1.16. The molecule has 0 amide bonds. The molecule has 70 valence electrons. The lowest BCUT2D eigenvalue weighted by Crippen LogP contribution is -3.12. The van der Waals surface area contributed by atoms with Crippen LogP contribution in [0.25, 0.3) is 0 Å². The van der Waals surface area contributed by atoms with E-state index in [1.54, 1.807) is 0 Å². The zero-order valence-corrected chi connectivity index (χ0v) is 8.06. The van der Waals surface area contributed by atoms with Gasteiger partial charge in [0.2, 0.25) is 0 Å². The Balaban J connectivity index is 3.75. The number of alkyl halides is 1. The zero-order valence-electron chi connectivity index (χ0n) is 7.30. The molecule has 0 heterocycles. The van der Waals surface area contributed by atoms with E-state index in [-0.39, 0.29) is 5.88 Å². The standard InChI is InChI=1S/C9H16ClNO/c1-3-5-11(6-4-2)8-9(12)7-10/h3-4,9,12H,1-2,5-8H2/p+1. The Bertz CT molecular complexity index is 128. The van der Waals surface area contributed by atoms with Gasteiger partial charge in [0, 0.05) is 0 Å². The molecule has 0 radical (unpaired) electrons. The molecule has 0 fully saturated rings. The number of rotatable bonds is 7. The lowest BCUT2D eigenvalue weighted by atomic mass is 10.3. The average molecular weight is 191 g/mol. The number of quaternary nitrogens is 1. The Morgan fingerprint density at radius 2 is 1.83 bits per heavy atom. The first-order valence-corrected chi connectivity index (χ1v) is 4.57. The van der Waals surface area contributed by atoms with Crippen molar-refractivity contribution >= 4 is 11.6 Å². The van der Waals surface area contributed by atoms with Crippen LogP contribution in [0.15, 0.2) is 25.3 Å². The zero-order chi connectivity index (χ0) is 9.40. The number of aliphatic hydroxyl groups is 1. The molecule has 0 rings (SSSR count). The Kier molecular flexibility index (Phi) is 7.16. The second-order valence-corrected chi connectivity index (χ2v) is 3.06. The molecule has 0 aliphatic carbocycles. The van der Waals surface area contributed by atoms with Crippen molar-refractivity contribution in [3.63, 3.8) is 0 Å². The highest BCUT2D eigenvalue weighted by molar-refractivity contribution is 6.18. The topological polar surface area (TPSA) is 24.7 Å². The number of hydrogen-bond acceptors (Lipinski definition) is 1. The van der Waals surface area contributed by atoms with Crippen LogP contribution in [0.5, 0.6) is 0 Å². The van der Waals surface area contributed by atoms with E-state index in [2.05, 4.69) is 13.2 Å². The van der Waals surface area contributed by atoms with Gasteiger partial charge in [-0.1, -0.05) is 13.2 Å². The second-order valence-electron chi connectivity index (χ2n) is 2.75. The number of hydrogen-bond donors (Lipinski definition) is 2. The van der Waals surface area contributed by atoms with Crippen molar-refractivity contribution in [1.82, 2.24) is 0 Å². The minimum atomic E-state index is -0.429. The fraction of sp³-hybridized carbons (Fsp3) is 0.556. The van der Waals surface area contributed by atoms with E-state index in [0.717, 1.165) is 13.1 Å². The van der Waals surface area contributed by atoms with Gasteiger partial charge in [0.15, 0.2) is 0 Å². The van der Waals surface area contributed by atoms with Crippen LogP contribution in [0.1, 0.15) is 0 Å². The van der Waals surface area contributed by atoms with Gasteiger partial charge < -0.3 is 10.0 Å². The van der Waals surface area contributed by atoms with Crippen LogP contribution in [0.2, 0.25) is 0 Å². The summed E-state index contributed by atoms with van der Waals surface area (Å²) in [4.78, 5) is 1.23. The van der Waals surface area contributed by atoms with Crippen LogP contribution in [-0.2, 0) is 0 Å². The highest BCUT2D eigenvalue weighted by Gasteiger charge is 2.10. The minimum Gasteiger partial charge on any atom is -0.386 e. The highest BCUT2D eigenvalue weighted by atomic mass is 35.5. The van der Waals surface area contributed by atoms with Gasteiger partial charge in [-0.3, -0.25) is 0 Å². The molecule has 0 aliphatic heterocycles. The summed E-state index contributed by atoms with van der Waals surface area (Å²) in [5, 5.41) is 9.26. The summed E-state index contributed by atoms with van der Waals surface area (Å²) in [6, 6.07) is 0. The van der Waals surface area contributed by atoms with Crippen LogP contribution in [0.3, 0.4) is 0 Å². The number of halogens is 1. The van der Waals surface area contributed by atoms with Crippen molar-refractivity contribution in [2.24, 2.45) is 0 Å². The van der Waals surface area contributed by atoms with Crippen molar-refractivity contribution in [2.75, 3.05) is 25.5 Å². The summed E-state index contributed by atoms with van der Waals surface area (Å²) in [5.41, 5.74) is 0. The largest absolute Gasteiger partial charge is 0.386 e. The summed E-state index contributed by atoms with van der Waals surface area (Å²) in [6.45, 7) is 9.61. The van der Waals surface area contributed by atoms with E-state index in [0.29, 0.717) is 6.54 Å². The van der Waals surface area contributed by atoms with Crippen LogP contribution >= 0.6 is 11.6 Å². The molecular weight excluding hydrogens is 174 g/mol. The van der Waals surface area contributed by atoms with Crippen molar-refractivity contribution in [2.45, 2.75) is 6.10 Å². The molecule has 1 unspecified atom stereocenters. The molecule has 0 aliphatic rings. The Morgan fingerprint density at radius 1 is 1.33 bits per heavy atom. The van der Waals surface area contributed by atoms with Gasteiger partial charge in [0.25, 0.3) is 0 Å². The second kappa shape index (κ2) is 7.35. The maximum atomic E-state index is 9.26. The van der Waals surface area contributed by atoms with Crippen LogP contribution in [-0.4, -0.2) is 36.7 Å². The summed E-state index contributed by atoms with van der Waals surface area (Å²) < 4.78 is 0. The summed E-state index contributed by atoms with van der Waals surface area (Å²) in [5.74, 6) is 0.289. The SMILES string of the molecule is C=CC[NH+](CC=C)CC(O)CCl. The molecule has 0 saturated carbocycles. The predicted octanol–water partition coefficient (Wildman–Crippen LogP) is -0.157. The lowest BCUT2D eigenvalue weighted by Gasteiger charge is -2.18. The molecule has 12 heavy (non-hydrogen) atoms. The maximum Gasteiger partial charge on any atom is 0.116 e. The molecule has 0 saturated heterocycles. The summed E-state index contributed by atoms with van der Waals surface area (Å²) in [6.07, 6.45) is 3.24. The van der Waals surface area contributed by atoms with E-state index >= 15 is 0 Å². The van der Waals surface area contributed by atoms with E-state index in [4.69, 9.17) is 11.6 Å². The third kappa shape index (κ3) is 5.35.